The third-order valence-electron chi connectivity index (χ3n) is 2.54. The lowest BCUT2D eigenvalue weighted by Crippen LogP contribution is -2.17. The summed E-state index contributed by atoms with van der Waals surface area (Å²) in [6, 6.07) is 0. The van der Waals surface area contributed by atoms with E-state index in [1.807, 2.05) is 0 Å². The molecule has 1 rings (SSSR count). The second-order valence-electron chi connectivity index (χ2n) is 4.38. The number of allylic oxidation sites excluding steroid dienone is 2. The first-order chi connectivity index (χ1) is 5.01. The van der Waals surface area contributed by atoms with E-state index in [-0.39, 0.29) is 0 Å². The van der Waals surface area contributed by atoms with Gasteiger partial charge in [0.1, 0.15) is 0 Å². The molecule has 1 saturated carbocycles. The van der Waals surface area contributed by atoms with Crippen molar-refractivity contribution in [1.29, 1.82) is 0 Å². The molecule has 0 saturated heterocycles. The molecule has 64 valence electrons. The van der Waals surface area contributed by atoms with Gasteiger partial charge in [-0.3, -0.25) is 0 Å². The lowest BCUT2D eigenvalue weighted by atomic mass is 9.75. The standard InChI is InChI=1S/C10H18O/c1-8(11)9-5-4-6-10(2,3)7-9/h11H,4-7H2,1-3H3/b9-8+. The van der Waals surface area contributed by atoms with E-state index in [4.69, 9.17) is 0 Å². The summed E-state index contributed by atoms with van der Waals surface area (Å²) in [6.07, 6.45) is 4.71. The molecule has 0 aliphatic heterocycles. The Labute approximate surface area is 69.1 Å². The third-order valence-corrected chi connectivity index (χ3v) is 2.54. The van der Waals surface area contributed by atoms with Gasteiger partial charge in [-0.05, 0) is 43.6 Å². The summed E-state index contributed by atoms with van der Waals surface area (Å²) < 4.78 is 0. The lowest BCUT2D eigenvalue weighted by molar-refractivity contribution is 0.275. The SMILES string of the molecule is C/C(O)=C1/CCCC(C)(C)C1. The molecule has 1 aliphatic carbocycles. The molecule has 0 aromatic carbocycles. The molecular weight excluding hydrogens is 136 g/mol. The van der Waals surface area contributed by atoms with E-state index in [9.17, 15) is 5.11 Å². The van der Waals surface area contributed by atoms with Gasteiger partial charge in [-0.15, -0.1) is 0 Å². The van der Waals surface area contributed by atoms with E-state index in [0.29, 0.717) is 11.2 Å². The van der Waals surface area contributed by atoms with Crippen molar-refractivity contribution in [2.24, 2.45) is 5.41 Å². The van der Waals surface area contributed by atoms with Crippen LogP contribution in [0.15, 0.2) is 11.3 Å². The van der Waals surface area contributed by atoms with Crippen LogP contribution >= 0.6 is 0 Å². The number of hydrogen-bond donors (Lipinski definition) is 1. The Bertz CT molecular complexity index is 173. The van der Waals surface area contributed by atoms with Crippen molar-refractivity contribution in [1.82, 2.24) is 0 Å². The van der Waals surface area contributed by atoms with Gasteiger partial charge in [0.15, 0.2) is 0 Å². The van der Waals surface area contributed by atoms with E-state index in [1.165, 1.54) is 18.4 Å². The van der Waals surface area contributed by atoms with Crippen LogP contribution in [0.3, 0.4) is 0 Å². The maximum absolute atomic E-state index is 9.29. The largest absolute Gasteiger partial charge is 0.513 e. The van der Waals surface area contributed by atoms with Crippen LogP contribution in [0.4, 0.5) is 0 Å². The monoisotopic (exact) mass is 154 g/mol. The normalized spacial score (nSPS) is 28.3. The molecule has 0 amide bonds. The molecule has 0 spiro atoms. The average Bonchev–Trinajstić information content (AvgIpc) is 1.85. The summed E-state index contributed by atoms with van der Waals surface area (Å²) >= 11 is 0. The second kappa shape index (κ2) is 2.88. The zero-order chi connectivity index (χ0) is 8.48. The highest BCUT2D eigenvalue weighted by molar-refractivity contribution is 5.10. The molecule has 1 nitrogen and oxygen atoms in total. The van der Waals surface area contributed by atoms with Crippen molar-refractivity contribution >= 4 is 0 Å². The predicted octanol–water partition coefficient (Wildman–Crippen LogP) is 3.42. The summed E-state index contributed by atoms with van der Waals surface area (Å²) in [4.78, 5) is 0. The van der Waals surface area contributed by atoms with Crippen LogP contribution in [-0.4, -0.2) is 5.11 Å². The highest BCUT2D eigenvalue weighted by Crippen LogP contribution is 2.38. The first kappa shape index (κ1) is 8.63. The molecule has 0 aromatic rings. The van der Waals surface area contributed by atoms with Crippen molar-refractivity contribution in [2.75, 3.05) is 0 Å². The fraction of sp³-hybridized carbons (Fsp3) is 0.800. The fourth-order valence-electron chi connectivity index (χ4n) is 1.84. The first-order valence-electron chi connectivity index (χ1n) is 4.39. The van der Waals surface area contributed by atoms with Crippen molar-refractivity contribution in [3.63, 3.8) is 0 Å². The Balaban J connectivity index is 2.68. The Morgan fingerprint density at radius 1 is 1.45 bits per heavy atom. The van der Waals surface area contributed by atoms with Gasteiger partial charge in [0, 0.05) is 0 Å². The van der Waals surface area contributed by atoms with Crippen molar-refractivity contribution < 1.29 is 5.11 Å². The lowest BCUT2D eigenvalue weighted by Gasteiger charge is -2.31. The van der Waals surface area contributed by atoms with Gasteiger partial charge < -0.3 is 5.11 Å². The zero-order valence-corrected chi connectivity index (χ0v) is 7.78. The van der Waals surface area contributed by atoms with Gasteiger partial charge in [-0.25, -0.2) is 0 Å². The van der Waals surface area contributed by atoms with Crippen LogP contribution in [0, 0.1) is 5.41 Å². The van der Waals surface area contributed by atoms with Crippen molar-refractivity contribution in [3.05, 3.63) is 11.3 Å². The summed E-state index contributed by atoms with van der Waals surface area (Å²) in [7, 11) is 0. The summed E-state index contributed by atoms with van der Waals surface area (Å²) in [5.41, 5.74) is 1.68. The summed E-state index contributed by atoms with van der Waals surface area (Å²) in [6.45, 7) is 6.35. The number of hydrogen-bond acceptors (Lipinski definition) is 1. The van der Waals surface area contributed by atoms with E-state index in [0.717, 1.165) is 12.8 Å². The Morgan fingerprint density at radius 3 is 2.45 bits per heavy atom. The van der Waals surface area contributed by atoms with Gasteiger partial charge in [0.25, 0.3) is 0 Å². The van der Waals surface area contributed by atoms with Crippen LogP contribution in [-0.2, 0) is 0 Å². The molecule has 1 heteroatoms. The first-order valence-corrected chi connectivity index (χ1v) is 4.39. The van der Waals surface area contributed by atoms with Gasteiger partial charge in [0.2, 0.25) is 0 Å². The summed E-state index contributed by atoms with van der Waals surface area (Å²) in [5.74, 6) is 0.553. The van der Waals surface area contributed by atoms with Gasteiger partial charge in [-0.1, -0.05) is 13.8 Å². The quantitative estimate of drug-likeness (QED) is 0.530. The van der Waals surface area contributed by atoms with Crippen LogP contribution in [0.2, 0.25) is 0 Å². The zero-order valence-electron chi connectivity index (χ0n) is 7.78. The van der Waals surface area contributed by atoms with Gasteiger partial charge >= 0.3 is 0 Å². The molecule has 0 unspecified atom stereocenters. The molecule has 1 fully saturated rings. The average molecular weight is 154 g/mol. The Hall–Kier alpha value is -0.460. The summed E-state index contributed by atoms with van der Waals surface area (Å²) in [5, 5.41) is 9.29. The highest BCUT2D eigenvalue weighted by Gasteiger charge is 2.24. The Kier molecular flexibility index (Phi) is 2.26. The molecule has 0 aromatic heterocycles. The second-order valence-corrected chi connectivity index (χ2v) is 4.38. The van der Waals surface area contributed by atoms with Crippen LogP contribution in [0.5, 0.6) is 0 Å². The van der Waals surface area contributed by atoms with E-state index >= 15 is 0 Å². The molecule has 11 heavy (non-hydrogen) atoms. The smallest absolute Gasteiger partial charge is 0.0883 e. The van der Waals surface area contributed by atoms with E-state index in [2.05, 4.69) is 13.8 Å². The number of aliphatic hydroxyl groups is 1. The van der Waals surface area contributed by atoms with Crippen LogP contribution in [0.1, 0.15) is 46.5 Å². The minimum Gasteiger partial charge on any atom is -0.513 e. The number of rotatable bonds is 0. The minimum atomic E-state index is 0.414. The topological polar surface area (TPSA) is 20.2 Å². The molecule has 0 bridgehead atoms. The van der Waals surface area contributed by atoms with Gasteiger partial charge in [-0.2, -0.15) is 0 Å². The van der Waals surface area contributed by atoms with Crippen molar-refractivity contribution in [2.45, 2.75) is 46.5 Å². The number of aliphatic hydroxyl groups excluding tert-OH is 1. The highest BCUT2D eigenvalue weighted by atomic mass is 16.3. The molecule has 0 heterocycles. The van der Waals surface area contributed by atoms with Crippen LogP contribution in [0.25, 0.3) is 0 Å². The van der Waals surface area contributed by atoms with E-state index in [1.54, 1.807) is 6.92 Å². The fourth-order valence-corrected chi connectivity index (χ4v) is 1.84. The van der Waals surface area contributed by atoms with E-state index < -0.39 is 0 Å². The molecule has 1 N–H and O–H groups in total. The predicted molar refractivity (Wildman–Crippen MR) is 47.6 cm³/mol. The maximum atomic E-state index is 9.29. The third kappa shape index (κ3) is 2.25. The minimum absolute atomic E-state index is 0.414. The molecule has 0 radical (unpaired) electrons. The molecule has 1 aliphatic rings. The maximum Gasteiger partial charge on any atom is 0.0883 e. The molecule has 0 atom stereocenters. The van der Waals surface area contributed by atoms with Gasteiger partial charge in [0.05, 0.1) is 5.76 Å². The molecular formula is C10H18O. The Morgan fingerprint density at radius 2 is 2.09 bits per heavy atom. The van der Waals surface area contributed by atoms with Crippen LogP contribution < -0.4 is 0 Å². The van der Waals surface area contributed by atoms with Crippen molar-refractivity contribution in [3.8, 4) is 0 Å².